The third-order valence-corrected chi connectivity index (χ3v) is 4.95. The zero-order valence-corrected chi connectivity index (χ0v) is 12.7. The van der Waals surface area contributed by atoms with Gasteiger partial charge in [0.1, 0.15) is 0 Å². The summed E-state index contributed by atoms with van der Waals surface area (Å²) in [5, 5.41) is 5.67. The summed E-state index contributed by atoms with van der Waals surface area (Å²) in [6.07, 6.45) is 0.940. The first kappa shape index (κ1) is 13.5. The van der Waals surface area contributed by atoms with Crippen molar-refractivity contribution in [1.29, 1.82) is 0 Å². The number of hydrogen-bond donors (Lipinski definition) is 1. The summed E-state index contributed by atoms with van der Waals surface area (Å²) in [5.41, 5.74) is 3.01. The number of carbonyl (C=O) groups excluding carboxylic acids is 1. The second kappa shape index (κ2) is 5.46. The molecule has 2 heterocycles. The van der Waals surface area contributed by atoms with Gasteiger partial charge in [0.25, 0.3) is 0 Å². The van der Waals surface area contributed by atoms with E-state index in [0.717, 1.165) is 24.2 Å². The number of urea groups is 1. The van der Waals surface area contributed by atoms with Crippen molar-refractivity contribution in [3.63, 3.8) is 0 Å². The van der Waals surface area contributed by atoms with Crippen LogP contribution in [0.2, 0.25) is 5.02 Å². The second-order valence-electron chi connectivity index (χ2n) is 4.93. The van der Waals surface area contributed by atoms with Gasteiger partial charge in [-0.3, -0.25) is 0 Å². The van der Waals surface area contributed by atoms with Gasteiger partial charge in [-0.25, -0.2) is 4.79 Å². The maximum atomic E-state index is 12.3. The highest BCUT2D eigenvalue weighted by Crippen LogP contribution is 2.25. The highest BCUT2D eigenvalue weighted by molar-refractivity contribution is 7.10. The molecule has 1 aliphatic heterocycles. The Bertz CT molecular complexity index is 653. The van der Waals surface area contributed by atoms with E-state index in [4.69, 9.17) is 11.6 Å². The Morgan fingerprint density at radius 3 is 3.05 bits per heavy atom. The molecular weight excluding hydrogens is 292 g/mol. The summed E-state index contributed by atoms with van der Waals surface area (Å²) in [5.74, 6) is 0. The summed E-state index contributed by atoms with van der Waals surface area (Å²) < 4.78 is 0. The minimum absolute atomic E-state index is 0.0678. The Morgan fingerprint density at radius 1 is 1.40 bits per heavy atom. The van der Waals surface area contributed by atoms with Crippen LogP contribution >= 0.6 is 22.9 Å². The van der Waals surface area contributed by atoms with Crippen molar-refractivity contribution in [2.45, 2.75) is 19.9 Å². The van der Waals surface area contributed by atoms with Crippen LogP contribution in [-0.2, 0) is 13.0 Å². The molecule has 0 saturated heterocycles. The largest absolute Gasteiger partial charge is 0.322 e. The number of aryl methyl sites for hydroxylation is 1. The Balaban J connectivity index is 1.69. The van der Waals surface area contributed by atoms with Crippen molar-refractivity contribution >= 4 is 34.7 Å². The topological polar surface area (TPSA) is 32.3 Å². The molecule has 3 rings (SSSR count). The molecule has 1 aromatic heterocycles. The molecule has 0 aliphatic carbocycles. The Kier molecular flexibility index (Phi) is 3.68. The molecule has 3 nitrogen and oxygen atoms in total. The van der Waals surface area contributed by atoms with Crippen molar-refractivity contribution in [3.8, 4) is 0 Å². The number of benzene rings is 1. The Morgan fingerprint density at radius 2 is 2.25 bits per heavy atom. The van der Waals surface area contributed by atoms with Crippen molar-refractivity contribution in [2.24, 2.45) is 0 Å². The third kappa shape index (κ3) is 2.67. The fourth-order valence-corrected chi connectivity index (χ4v) is 3.37. The Labute approximate surface area is 127 Å². The first-order chi connectivity index (χ1) is 9.63. The van der Waals surface area contributed by atoms with Crippen LogP contribution in [-0.4, -0.2) is 17.5 Å². The fourth-order valence-electron chi connectivity index (χ4n) is 2.29. The van der Waals surface area contributed by atoms with Crippen LogP contribution < -0.4 is 5.32 Å². The first-order valence-electron chi connectivity index (χ1n) is 6.51. The number of nitrogens with zero attached hydrogens (tertiary/aromatic N) is 1. The average Bonchev–Trinajstić information content (AvgIpc) is 2.90. The smallest absolute Gasteiger partial charge is 0.320 e. The summed E-state index contributed by atoms with van der Waals surface area (Å²) in [6.45, 7) is 3.39. The molecule has 2 amide bonds. The third-order valence-electron chi connectivity index (χ3n) is 3.52. The normalized spacial score (nSPS) is 14.0. The molecule has 104 valence electrons. The molecule has 2 aromatic rings. The molecule has 0 radical (unpaired) electrons. The van der Waals surface area contributed by atoms with E-state index in [9.17, 15) is 4.79 Å². The average molecular weight is 307 g/mol. The summed E-state index contributed by atoms with van der Waals surface area (Å²) in [4.78, 5) is 15.5. The number of nitrogens with one attached hydrogen (secondary N) is 1. The number of anilines is 1. The molecule has 1 N–H and O–H groups in total. The van der Waals surface area contributed by atoms with E-state index in [-0.39, 0.29) is 6.03 Å². The van der Waals surface area contributed by atoms with E-state index in [1.807, 2.05) is 24.0 Å². The van der Waals surface area contributed by atoms with Gasteiger partial charge >= 0.3 is 6.03 Å². The maximum Gasteiger partial charge on any atom is 0.322 e. The van der Waals surface area contributed by atoms with Gasteiger partial charge in [0, 0.05) is 28.7 Å². The van der Waals surface area contributed by atoms with Crippen molar-refractivity contribution in [2.75, 3.05) is 11.9 Å². The van der Waals surface area contributed by atoms with Gasteiger partial charge in [-0.2, -0.15) is 0 Å². The van der Waals surface area contributed by atoms with Crippen LogP contribution in [0.5, 0.6) is 0 Å². The lowest BCUT2D eigenvalue weighted by molar-refractivity contribution is 0.207. The molecular formula is C15H15ClN2OS. The molecule has 1 aliphatic rings. The number of rotatable bonds is 1. The molecule has 0 fully saturated rings. The Hall–Kier alpha value is -1.52. The van der Waals surface area contributed by atoms with Crippen LogP contribution in [0.1, 0.15) is 16.0 Å². The second-order valence-corrected chi connectivity index (χ2v) is 6.34. The molecule has 1 aromatic carbocycles. The standard InChI is InChI=1S/C15H15ClN2OS/c1-10-2-3-12(8-13(10)16)17-15(19)18-6-4-14-11(9-18)5-7-20-14/h2-3,5,7-8H,4,6,9H2,1H3,(H,17,19). The minimum atomic E-state index is -0.0678. The quantitative estimate of drug-likeness (QED) is 0.837. The van der Waals surface area contributed by atoms with Gasteiger partial charge in [-0.05, 0) is 48.1 Å². The lowest BCUT2D eigenvalue weighted by Crippen LogP contribution is -2.38. The molecule has 0 unspecified atom stereocenters. The van der Waals surface area contributed by atoms with Crippen molar-refractivity contribution in [1.82, 2.24) is 4.90 Å². The zero-order valence-electron chi connectivity index (χ0n) is 11.1. The molecule has 0 spiro atoms. The van der Waals surface area contributed by atoms with E-state index in [1.165, 1.54) is 10.4 Å². The minimum Gasteiger partial charge on any atom is -0.320 e. The SMILES string of the molecule is Cc1ccc(NC(=O)N2CCc3sccc3C2)cc1Cl. The highest BCUT2D eigenvalue weighted by Gasteiger charge is 2.21. The van der Waals surface area contributed by atoms with Crippen molar-refractivity contribution in [3.05, 3.63) is 50.7 Å². The van der Waals surface area contributed by atoms with Gasteiger partial charge in [-0.15, -0.1) is 11.3 Å². The van der Waals surface area contributed by atoms with Gasteiger partial charge in [-0.1, -0.05) is 17.7 Å². The lowest BCUT2D eigenvalue weighted by Gasteiger charge is -2.27. The molecule has 20 heavy (non-hydrogen) atoms. The zero-order chi connectivity index (χ0) is 14.1. The number of hydrogen-bond acceptors (Lipinski definition) is 2. The summed E-state index contributed by atoms with van der Waals surface area (Å²) >= 11 is 7.84. The summed E-state index contributed by atoms with van der Waals surface area (Å²) in [6, 6.07) is 7.60. The van der Waals surface area contributed by atoms with Gasteiger partial charge in [0.2, 0.25) is 0 Å². The maximum absolute atomic E-state index is 12.3. The van der Waals surface area contributed by atoms with E-state index < -0.39 is 0 Å². The molecule has 0 saturated carbocycles. The van der Waals surface area contributed by atoms with E-state index in [1.54, 1.807) is 17.4 Å². The number of fused-ring (bicyclic) bond motifs is 1. The van der Waals surface area contributed by atoms with Crippen LogP contribution in [0.4, 0.5) is 10.5 Å². The van der Waals surface area contributed by atoms with Crippen LogP contribution in [0, 0.1) is 6.92 Å². The monoisotopic (exact) mass is 306 g/mol. The predicted octanol–water partition coefficient (Wildman–Crippen LogP) is 4.30. The summed E-state index contributed by atoms with van der Waals surface area (Å²) in [7, 11) is 0. The molecule has 0 atom stereocenters. The van der Waals surface area contributed by atoms with E-state index >= 15 is 0 Å². The van der Waals surface area contributed by atoms with Gasteiger partial charge < -0.3 is 10.2 Å². The number of carbonyl (C=O) groups is 1. The van der Waals surface area contributed by atoms with E-state index in [0.29, 0.717) is 11.6 Å². The first-order valence-corrected chi connectivity index (χ1v) is 7.76. The van der Waals surface area contributed by atoms with Crippen LogP contribution in [0.25, 0.3) is 0 Å². The lowest BCUT2D eigenvalue weighted by atomic mass is 10.1. The number of thiophene rings is 1. The highest BCUT2D eigenvalue weighted by atomic mass is 35.5. The molecule has 0 bridgehead atoms. The van der Waals surface area contributed by atoms with Crippen LogP contribution in [0.15, 0.2) is 29.6 Å². The fraction of sp³-hybridized carbons (Fsp3) is 0.267. The van der Waals surface area contributed by atoms with Crippen molar-refractivity contribution < 1.29 is 4.79 Å². The van der Waals surface area contributed by atoms with Crippen LogP contribution in [0.3, 0.4) is 0 Å². The van der Waals surface area contributed by atoms with Gasteiger partial charge in [0.05, 0.1) is 0 Å². The van der Waals surface area contributed by atoms with Gasteiger partial charge in [0.15, 0.2) is 0 Å². The molecule has 5 heteroatoms. The predicted molar refractivity (Wildman–Crippen MR) is 83.6 cm³/mol. The number of amides is 2. The number of halogens is 1. The van der Waals surface area contributed by atoms with E-state index in [2.05, 4.69) is 16.8 Å².